The van der Waals surface area contributed by atoms with Gasteiger partial charge in [-0.3, -0.25) is 9.88 Å². The minimum Gasteiger partial charge on any atom is -0.385 e. The summed E-state index contributed by atoms with van der Waals surface area (Å²) >= 11 is 5.98. The summed E-state index contributed by atoms with van der Waals surface area (Å²) in [5, 5.41) is 11.7. The Balaban J connectivity index is 1.42. The number of halogens is 1. The Morgan fingerprint density at radius 3 is 2.30 bits per heavy atom. The van der Waals surface area contributed by atoms with E-state index in [9.17, 15) is 5.11 Å². The van der Waals surface area contributed by atoms with Crippen molar-refractivity contribution in [2.24, 2.45) is 0 Å². The number of hydrogen-bond acceptors (Lipinski definition) is 3. The third-order valence-electron chi connectivity index (χ3n) is 5.33. The number of aromatic nitrogens is 1. The third-order valence-corrected chi connectivity index (χ3v) is 5.58. The summed E-state index contributed by atoms with van der Waals surface area (Å²) in [6.45, 7) is 2.52. The van der Waals surface area contributed by atoms with Crippen molar-refractivity contribution in [1.29, 1.82) is 0 Å². The zero-order chi connectivity index (χ0) is 18.7. The second kappa shape index (κ2) is 7.81. The van der Waals surface area contributed by atoms with Crippen molar-refractivity contribution in [3.63, 3.8) is 0 Å². The topological polar surface area (TPSA) is 36.4 Å². The van der Waals surface area contributed by atoms with Gasteiger partial charge in [-0.2, -0.15) is 0 Å². The summed E-state index contributed by atoms with van der Waals surface area (Å²) in [5.41, 5.74) is 3.39. The number of rotatable bonds is 4. The fourth-order valence-electron chi connectivity index (χ4n) is 3.70. The minimum absolute atomic E-state index is 0.712. The van der Waals surface area contributed by atoms with Crippen molar-refractivity contribution in [2.45, 2.75) is 25.0 Å². The quantitative estimate of drug-likeness (QED) is 0.702. The molecule has 3 nitrogen and oxygen atoms in total. The van der Waals surface area contributed by atoms with Gasteiger partial charge in [0.1, 0.15) is 0 Å². The molecule has 0 amide bonds. The van der Waals surface area contributed by atoms with Crippen molar-refractivity contribution in [3.05, 3.63) is 89.1 Å². The monoisotopic (exact) mass is 378 g/mol. The maximum atomic E-state index is 11.0. The van der Waals surface area contributed by atoms with E-state index in [-0.39, 0.29) is 0 Å². The van der Waals surface area contributed by atoms with Crippen LogP contribution in [0.4, 0.5) is 0 Å². The number of aliphatic hydroxyl groups is 1. The molecule has 0 bridgehead atoms. The molecule has 1 fully saturated rings. The van der Waals surface area contributed by atoms with Crippen molar-refractivity contribution in [3.8, 4) is 11.3 Å². The number of nitrogens with zero attached hydrogens (tertiary/aromatic N) is 2. The average molecular weight is 379 g/mol. The highest BCUT2D eigenvalue weighted by atomic mass is 35.5. The molecular weight excluding hydrogens is 356 g/mol. The Bertz CT molecular complexity index is 888. The van der Waals surface area contributed by atoms with Crippen molar-refractivity contribution in [1.82, 2.24) is 9.88 Å². The average Bonchev–Trinajstić information content (AvgIpc) is 2.71. The van der Waals surface area contributed by atoms with Crippen molar-refractivity contribution < 1.29 is 5.11 Å². The van der Waals surface area contributed by atoms with Crippen LogP contribution in [0.25, 0.3) is 11.3 Å². The molecule has 0 saturated carbocycles. The molecule has 2 aromatic carbocycles. The maximum Gasteiger partial charge on any atom is 0.0920 e. The fourth-order valence-corrected chi connectivity index (χ4v) is 3.82. The van der Waals surface area contributed by atoms with Gasteiger partial charge in [-0.25, -0.2) is 0 Å². The van der Waals surface area contributed by atoms with Crippen LogP contribution in [0.1, 0.15) is 24.1 Å². The Kier molecular flexibility index (Phi) is 5.26. The molecule has 0 spiro atoms. The molecule has 1 aromatic heterocycles. The standard InChI is InChI=1S/C23H23ClN2O/c24-20-11-9-18(10-12-20)22-8-4-7-21(25-22)17-26-15-13-23(27,14-16-26)19-5-2-1-3-6-19/h1-12,27H,13-17H2. The molecule has 0 radical (unpaired) electrons. The van der Waals surface area contributed by atoms with Crippen LogP contribution in [0.5, 0.6) is 0 Å². The highest BCUT2D eigenvalue weighted by molar-refractivity contribution is 6.30. The zero-order valence-corrected chi connectivity index (χ0v) is 15.9. The number of benzene rings is 2. The zero-order valence-electron chi connectivity index (χ0n) is 15.2. The first-order chi connectivity index (χ1) is 13.1. The summed E-state index contributed by atoms with van der Waals surface area (Å²) in [6, 6.07) is 23.9. The first kappa shape index (κ1) is 18.2. The molecule has 138 valence electrons. The Morgan fingerprint density at radius 2 is 1.59 bits per heavy atom. The van der Waals surface area contributed by atoms with Gasteiger partial charge in [-0.15, -0.1) is 0 Å². The molecular formula is C23H23ClN2O. The molecule has 1 N–H and O–H groups in total. The van der Waals surface area contributed by atoms with E-state index in [1.54, 1.807) is 0 Å². The lowest BCUT2D eigenvalue weighted by atomic mass is 9.84. The molecule has 0 aliphatic carbocycles. The summed E-state index contributed by atoms with van der Waals surface area (Å²) in [7, 11) is 0. The van der Waals surface area contributed by atoms with E-state index in [1.165, 1.54) is 0 Å². The highest BCUT2D eigenvalue weighted by Crippen LogP contribution is 2.33. The lowest BCUT2D eigenvalue weighted by Gasteiger charge is -2.38. The van der Waals surface area contributed by atoms with E-state index in [4.69, 9.17) is 16.6 Å². The molecule has 1 saturated heterocycles. The van der Waals surface area contributed by atoms with Gasteiger partial charge < -0.3 is 5.11 Å². The second-order valence-electron chi connectivity index (χ2n) is 7.19. The van der Waals surface area contributed by atoms with Crippen LogP contribution in [-0.4, -0.2) is 28.1 Å². The van der Waals surface area contributed by atoms with Gasteiger partial charge in [0.2, 0.25) is 0 Å². The summed E-state index contributed by atoms with van der Waals surface area (Å²) < 4.78 is 0. The van der Waals surface area contributed by atoms with Crippen LogP contribution in [0, 0.1) is 0 Å². The minimum atomic E-state index is -0.712. The molecule has 4 heteroatoms. The lowest BCUT2D eigenvalue weighted by Crippen LogP contribution is -2.42. The van der Waals surface area contributed by atoms with Gasteiger partial charge >= 0.3 is 0 Å². The van der Waals surface area contributed by atoms with Crippen molar-refractivity contribution in [2.75, 3.05) is 13.1 Å². The number of piperidine rings is 1. The van der Waals surface area contributed by atoms with Gasteiger partial charge in [0.05, 0.1) is 17.0 Å². The number of likely N-dealkylation sites (tertiary alicyclic amines) is 1. The molecule has 27 heavy (non-hydrogen) atoms. The SMILES string of the molecule is OC1(c2ccccc2)CCN(Cc2cccc(-c3ccc(Cl)cc3)n2)CC1. The van der Waals surface area contributed by atoms with E-state index in [2.05, 4.69) is 17.0 Å². The first-order valence-corrected chi connectivity index (χ1v) is 9.72. The molecule has 1 aliphatic heterocycles. The first-order valence-electron chi connectivity index (χ1n) is 9.35. The van der Waals surface area contributed by atoms with Gasteiger partial charge in [0, 0.05) is 30.2 Å². The maximum absolute atomic E-state index is 11.0. The van der Waals surface area contributed by atoms with E-state index >= 15 is 0 Å². The molecule has 0 unspecified atom stereocenters. The van der Waals surface area contributed by atoms with E-state index in [1.807, 2.05) is 60.7 Å². The van der Waals surface area contributed by atoms with Crippen LogP contribution in [-0.2, 0) is 12.1 Å². The summed E-state index contributed by atoms with van der Waals surface area (Å²) in [6.07, 6.45) is 1.49. The molecule has 0 atom stereocenters. The molecule has 1 aliphatic rings. The third kappa shape index (κ3) is 4.22. The van der Waals surface area contributed by atoms with Crippen LogP contribution in [0.3, 0.4) is 0 Å². The highest BCUT2D eigenvalue weighted by Gasteiger charge is 2.33. The Morgan fingerprint density at radius 1 is 0.889 bits per heavy atom. The fraction of sp³-hybridized carbons (Fsp3) is 0.261. The van der Waals surface area contributed by atoms with Gasteiger partial charge in [-0.1, -0.05) is 60.1 Å². The number of hydrogen-bond donors (Lipinski definition) is 1. The predicted molar refractivity (Wildman–Crippen MR) is 110 cm³/mol. The number of pyridine rings is 1. The largest absolute Gasteiger partial charge is 0.385 e. The second-order valence-corrected chi connectivity index (χ2v) is 7.63. The summed E-state index contributed by atoms with van der Waals surface area (Å²) in [5.74, 6) is 0. The lowest BCUT2D eigenvalue weighted by molar-refractivity contribution is -0.0279. The van der Waals surface area contributed by atoms with E-state index in [0.717, 1.165) is 60.0 Å². The van der Waals surface area contributed by atoms with E-state index < -0.39 is 5.60 Å². The van der Waals surface area contributed by atoms with Crippen molar-refractivity contribution >= 4 is 11.6 Å². The normalized spacial score (nSPS) is 17.0. The smallest absolute Gasteiger partial charge is 0.0920 e. The Hall–Kier alpha value is -2.20. The van der Waals surface area contributed by atoms with Crippen LogP contribution >= 0.6 is 11.6 Å². The van der Waals surface area contributed by atoms with Crippen LogP contribution < -0.4 is 0 Å². The van der Waals surface area contributed by atoms with E-state index in [0.29, 0.717) is 0 Å². The van der Waals surface area contributed by atoms with Crippen LogP contribution in [0.2, 0.25) is 5.02 Å². The predicted octanol–water partition coefficient (Wildman–Crippen LogP) is 4.89. The van der Waals surface area contributed by atoms with Gasteiger partial charge in [0.15, 0.2) is 0 Å². The van der Waals surface area contributed by atoms with Gasteiger partial charge in [-0.05, 0) is 42.7 Å². The molecule has 4 rings (SSSR count). The van der Waals surface area contributed by atoms with Gasteiger partial charge in [0.25, 0.3) is 0 Å². The molecule has 3 aromatic rings. The molecule has 2 heterocycles. The Labute approximate surface area is 165 Å². The van der Waals surface area contributed by atoms with Crippen LogP contribution in [0.15, 0.2) is 72.8 Å². The summed E-state index contributed by atoms with van der Waals surface area (Å²) in [4.78, 5) is 7.18.